The van der Waals surface area contributed by atoms with Crippen LogP contribution in [0.1, 0.15) is 23.3 Å². The lowest BCUT2D eigenvalue weighted by Gasteiger charge is -2.11. The number of nitrogens with two attached hydrogens (primary N) is 2. The highest BCUT2D eigenvalue weighted by atomic mass is 35.5. The summed E-state index contributed by atoms with van der Waals surface area (Å²) in [6, 6.07) is 11.6. The molecule has 6 nitrogen and oxygen atoms in total. The van der Waals surface area contributed by atoms with Crippen molar-refractivity contribution in [2.45, 2.75) is 18.9 Å². The highest BCUT2D eigenvalue weighted by Crippen LogP contribution is 2.33. The number of fused-ring (bicyclic) bond motifs is 1. The molecule has 3 rings (SSSR count). The molecule has 0 aliphatic heterocycles. The van der Waals surface area contributed by atoms with Gasteiger partial charge in [-0.3, -0.25) is 4.79 Å². The number of hydrogen-bond acceptors (Lipinski definition) is 4. The van der Waals surface area contributed by atoms with E-state index in [0.29, 0.717) is 24.5 Å². The Morgan fingerprint density at radius 3 is 2.59 bits per heavy atom. The molecule has 8 heteroatoms. The molecule has 2 aromatic carbocycles. The zero-order chi connectivity index (χ0) is 20.1. The smallest absolute Gasteiger partial charge is 0.267 e. The number of aromatic amines is 1. The second-order valence-electron chi connectivity index (χ2n) is 6.73. The van der Waals surface area contributed by atoms with Crippen molar-refractivity contribution in [3.63, 3.8) is 0 Å². The molecule has 6 N–H and O–H groups in total. The highest BCUT2D eigenvalue weighted by Gasteiger charge is 2.15. The maximum Gasteiger partial charge on any atom is 0.267 e. The molecule has 0 radical (unpaired) electrons. The largest absolute Gasteiger partial charge is 0.496 e. The van der Waals surface area contributed by atoms with Crippen LogP contribution in [0.15, 0.2) is 42.5 Å². The van der Waals surface area contributed by atoms with Gasteiger partial charge in [0.1, 0.15) is 17.3 Å². The van der Waals surface area contributed by atoms with E-state index in [1.807, 2.05) is 12.1 Å². The van der Waals surface area contributed by atoms with E-state index in [-0.39, 0.29) is 30.2 Å². The van der Waals surface area contributed by atoms with Gasteiger partial charge in [0.25, 0.3) is 5.91 Å². The first-order valence-corrected chi connectivity index (χ1v) is 9.22. The van der Waals surface area contributed by atoms with E-state index in [9.17, 15) is 9.18 Å². The van der Waals surface area contributed by atoms with Crippen LogP contribution in [-0.4, -0.2) is 37.1 Å². The number of benzene rings is 2. The Balaban J connectivity index is 0.00000300. The van der Waals surface area contributed by atoms with Gasteiger partial charge < -0.3 is 26.5 Å². The topological polar surface area (TPSA) is 106 Å². The van der Waals surface area contributed by atoms with Crippen molar-refractivity contribution in [2.75, 3.05) is 20.2 Å². The molecule has 156 valence electrons. The lowest BCUT2D eigenvalue weighted by atomic mass is 10.0. The second kappa shape index (κ2) is 10.2. The monoisotopic (exact) mass is 420 g/mol. The van der Waals surface area contributed by atoms with Crippen LogP contribution in [-0.2, 0) is 0 Å². The number of carbonyl (C=O) groups excluding carboxylic acids is 1. The van der Waals surface area contributed by atoms with Crippen molar-refractivity contribution < 1.29 is 13.9 Å². The third kappa shape index (κ3) is 5.47. The van der Waals surface area contributed by atoms with Crippen LogP contribution < -0.4 is 21.5 Å². The number of aromatic nitrogens is 1. The number of nitrogens with one attached hydrogen (secondary N) is 2. The van der Waals surface area contributed by atoms with Gasteiger partial charge in [-0.25, -0.2) is 4.39 Å². The van der Waals surface area contributed by atoms with Crippen LogP contribution in [0.3, 0.4) is 0 Å². The first-order chi connectivity index (χ1) is 13.5. The SMILES string of the molecule is COc1cc(-c2ccc(F)cc2)cc2[nH]c(C(=O)NCC(N)CCCN)cc12.Cl. The summed E-state index contributed by atoms with van der Waals surface area (Å²) >= 11 is 0. The Kier molecular flexibility index (Phi) is 8.01. The van der Waals surface area contributed by atoms with Crippen molar-refractivity contribution in [3.8, 4) is 16.9 Å². The molecule has 29 heavy (non-hydrogen) atoms. The van der Waals surface area contributed by atoms with Crippen molar-refractivity contribution in [1.29, 1.82) is 0 Å². The van der Waals surface area contributed by atoms with Crippen molar-refractivity contribution in [1.82, 2.24) is 10.3 Å². The van der Waals surface area contributed by atoms with Gasteiger partial charge in [0.05, 0.1) is 12.6 Å². The summed E-state index contributed by atoms with van der Waals surface area (Å²) in [6.07, 6.45) is 1.59. The van der Waals surface area contributed by atoms with Gasteiger partial charge in [0.15, 0.2) is 0 Å². The third-order valence-corrected chi connectivity index (χ3v) is 4.65. The van der Waals surface area contributed by atoms with Gasteiger partial charge in [0, 0.05) is 18.0 Å². The zero-order valence-corrected chi connectivity index (χ0v) is 17.0. The number of methoxy groups -OCH3 is 1. The summed E-state index contributed by atoms with van der Waals surface area (Å²) in [5.41, 5.74) is 14.4. The predicted octanol–water partition coefficient (Wildman–Crippen LogP) is 3.20. The summed E-state index contributed by atoms with van der Waals surface area (Å²) in [5.74, 6) is 0.108. The lowest BCUT2D eigenvalue weighted by molar-refractivity contribution is 0.0946. The fourth-order valence-electron chi connectivity index (χ4n) is 3.11. The molecule has 1 aromatic heterocycles. The molecule has 1 atom stereocenters. The van der Waals surface area contributed by atoms with Crippen molar-refractivity contribution >= 4 is 29.2 Å². The first-order valence-electron chi connectivity index (χ1n) is 9.22. The molecule has 1 heterocycles. The highest BCUT2D eigenvalue weighted by molar-refractivity contribution is 6.01. The number of H-pyrrole nitrogens is 1. The van der Waals surface area contributed by atoms with E-state index in [2.05, 4.69) is 10.3 Å². The Labute approximate surface area is 175 Å². The first kappa shape index (κ1) is 22.7. The summed E-state index contributed by atoms with van der Waals surface area (Å²) < 4.78 is 18.7. The third-order valence-electron chi connectivity index (χ3n) is 4.65. The molecular weight excluding hydrogens is 395 g/mol. The van der Waals surface area contributed by atoms with Crippen LogP contribution in [0.25, 0.3) is 22.0 Å². The van der Waals surface area contributed by atoms with Crippen LogP contribution in [0, 0.1) is 5.82 Å². The number of amides is 1. The average molecular weight is 421 g/mol. The Hall–Kier alpha value is -2.61. The zero-order valence-electron chi connectivity index (χ0n) is 16.2. The molecule has 0 aliphatic carbocycles. The van der Waals surface area contributed by atoms with Gasteiger partial charge >= 0.3 is 0 Å². The lowest BCUT2D eigenvalue weighted by Crippen LogP contribution is -2.37. The van der Waals surface area contributed by atoms with E-state index < -0.39 is 0 Å². The van der Waals surface area contributed by atoms with Crippen molar-refractivity contribution in [3.05, 3.63) is 54.0 Å². The van der Waals surface area contributed by atoms with E-state index >= 15 is 0 Å². The van der Waals surface area contributed by atoms with E-state index in [1.165, 1.54) is 12.1 Å². The normalized spacial score (nSPS) is 11.7. The van der Waals surface area contributed by atoms with Gasteiger partial charge in [-0.2, -0.15) is 0 Å². The molecule has 0 fully saturated rings. The molecular formula is C21H26ClFN4O2. The standard InChI is InChI=1S/C21H25FN4O2.ClH/c1-28-20-10-14(13-4-6-15(22)7-5-13)9-18-17(20)11-19(26-18)21(27)25-12-16(24)3-2-8-23;/h4-7,9-11,16,26H,2-3,8,12,23-24H2,1H3,(H,25,27);1H. The fourth-order valence-corrected chi connectivity index (χ4v) is 3.11. The number of ether oxygens (including phenoxy) is 1. The maximum absolute atomic E-state index is 13.2. The van der Waals surface area contributed by atoms with Gasteiger partial charge in [-0.15, -0.1) is 12.4 Å². The second-order valence-corrected chi connectivity index (χ2v) is 6.73. The van der Waals surface area contributed by atoms with Gasteiger partial charge in [-0.05, 0) is 60.8 Å². The summed E-state index contributed by atoms with van der Waals surface area (Å²) in [5, 5.41) is 3.64. The number of carbonyl (C=O) groups is 1. The number of hydrogen-bond donors (Lipinski definition) is 4. The number of rotatable bonds is 8. The fraction of sp³-hybridized carbons (Fsp3) is 0.286. The van der Waals surface area contributed by atoms with Crippen molar-refractivity contribution in [2.24, 2.45) is 11.5 Å². The molecule has 0 saturated heterocycles. The summed E-state index contributed by atoms with van der Waals surface area (Å²) in [6.45, 7) is 0.964. The minimum absolute atomic E-state index is 0. The Bertz CT molecular complexity index is 959. The van der Waals surface area contributed by atoms with E-state index in [4.69, 9.17) is 16.2 Å². The summed E-state index contributed by atoms with van der Waals surface area (Å²) in [4.78, 5) is 15.6. The van der Waals surface area contributed by atoms with Crippen LogP contribution in [0.4, 0.5) is 4.39 Å². The quantitative estimate of drug-likeness (QED) is 0.449. The molecule has 0 bridgehead atoms. The Morgan fingerprint density at radius 1 is 1.21 bits per heavy atom. The molecule has 0 spiro atoms. The predicted molar refractivity (Wildman–Crippen MR) is 116 cm³/mol. The maximum atomic E-state index is 13.2. The van der Waals surface area contributed by atoms with Crippen LogP contribution in [0.2, 0.25) is 0 Å². The minimum atomic E-state index is -0.291. The minimum Gasteiger partial charge on any atom is -0.496 e. The van der Waals surface area contributed by atoms with Gasteiger partial charge in [0.2, 0.25) is 0 Å². The summed E-state index contributed by atoms with van der Waals surface area (Å²) in [7, 11) is 1.58. The van der Waals surface area contributed by atoms with Gasteiger partial charge in [-0.1, -0.05) is 12.1 Å². The molecule has 0 aliphatic rings. The van der Waals surface area contributed by atoms with Crippen LogP contribution in [0.5, 0.6) is 5.75 Å². The van der Waals surface area contributed by atoms with E-state index in [1.54, 1.807) is 25.3 Å². The number of halogens is 2. The Morgan fingerprint density at radius 2 is 1.93 bits per heavy atom. The molecule has 3 aromatic rings. The molecule has 1 unspecified atom stereocenters. The molecule has 1 amide bonds. The average Bonchev–Trinajstić information content (AvgIpc) is 3.14. The van der Waals surface area contributed by atoms with E-state index in [0.717, 1.165) is 34.9 Å². The molecule has 0 saturated carbocycles. The van der Waals surface area contributed by atoms with Crippen LogP contribution >= 0.6 is 12.4 Å².